The van der Waals surface area contributed by atoms with Crippen LogP contribution in [0.5, 0.6) is 0 Å². The molecule has 0 saturated carbocycles. The molecule has 2 aromatic rings. The molecule has 1 amide bonds. The molecule has 0 radical (unpaired) electrons. The number of aromatic nitrogens is 3. The van der Waals surface area contributed by atoms with E-state index in [1.165, 1.54) is 0 Å². The summed E-state index contributed by atoms with van der Waals surface area (Å²) in [5.74, 6) is 1.63. The molecule has 0 spiro atoms. The number of anilines is 3. The van der Waals surface area contributed by atoms with E-state index < -0.39 is 0 Å². The number of nitrogens with one attached hydrogen (secondary N) is 1. The lowest BCUT2D eigenvalue weighted by Gasteiger charge is -2.37. The van der Waals surface area contributed by atoms with Crippen LogP contribution in [0.4, 0.5) is 17.6 Å². The number of carbonyl (C=O) groups is 1. The molecule has 1 atom stereocenters. The van der Waals surface area contributed by atoms with Crippen LogP contribution in [0.25, 0.3) is 0 Å². The van der Waals surface area contributed by atoms with Crippen LogP contribution >= 0.6 is 0 Å². The maximum absolute atomic E-state index is 12.8. The first-order chi connectivity index (χ1) is 14.6. The highest BCUT2D eigenvalue weighted by Crippen LogP contribution is 2.27. The first kappa shape index (κ1) is 20.5. The van der Waals surface area contributed by atoms with E-state index in [1.54, 1.807) is 0 Å². The minimum atomic E-state index is -0.00828. The zero-order valence-corrected chi connectivity index (χ0v) is 17.3. The zero-order chi connectivity index (χ0) is 20.9. The van der Waals surface area contributed by atoms with Gasteiger partial charge in [-0.3, -0.25) is 9.69 Å². The van der Waals surface area contributed by atoms with E-state index in [0.717, 1.165) is 31.6 Å². The highest BCUT2D eigenvalue weighted by molar-refractivity contribution is 5.79. The summed E-state index contributed by atoms with van der Waals surface area (Å²) in [6, 6.07) is 9.72. The van der Waals surface area contributed by atoms with Crippen molar-refractivity contribution in [2.24, 2.45) is 5.92 Å². The second-order valence-electron chi connectivity index (χ2n) is 7.79. The van der Waals surface area contributed by atoms with Crippen LogP contribution < -0.4 is 11.1 Å². The van der Waals surface area contributed by atoms with E-state index in [2.05, 4.69) is 32.1 Å². The van der Waals surface area contributed by atoms with Crippen molar-refractivity contribution in [3.63, 3.8) is 0 Å². The predicted octanol–water partition coefficient (Wildman–Crippen LogP) is 1.83. The van der Waals surface area contributed by atoms with Crippen molar-refractivity contribution in [3.05, 3.63) is 36.2 Å². The van der Waals surface area contributed by atoms with Gasteiger partial charge in [-0.1, -0.05) is 18.2 Å². The Hall–Kier alpha value is -2.78. The largest absolute Gasteiger partial charge is 0.378 e. The third-order valence-electron chi connectivity index (χ3n) is 5.82. The van der Waals surface area contributed by atoms with Crippen molar-refractivity contribution in [2.75, 3.05) is 50.4 Å². The van der Waals surface area contributed by atoms with E-state index in [-0.39, 0.29) is 23.8 Å². The molecule has 160 valence electrons. The first-order valence-corrected chi connectivity index (χ1v) is 10.5. The van der Waals surface area contributed by atoms with Gasteiger partial charge in [-0.2, -0.15) is 15.0 Å². The molecule has 0 bridgehead atoms. The summed E-state index contributed by atoms with van der Waals surface area (Å²) < 4.78 is 5.35. The fourth-order valence-corrected chi connectivity index (χ4v) is 4.04. The number of likely N-dealkylation sites (tertiary alicyclic amines) is 1. The number of para-hydroxylation sites is 1. The molecule has 30 heavy (non-hydrogen) atoms. The van der Waals surface area contributed by atoms with Crippen LogP contribution in [-0.2, 0) is 9.53 Å². The van der Waals surface area contributed by atoms with Crippen LogP contribution in [0, 0.1) is 5.92 Å². The zero-order valence-electron chi connectivity index (χ0n) is 17.3. The van der Waals surface area contributed by atoms with Crippen LogP contribution in [0.2, 0.25) is 0 Å². The molecule has 9 nitrogen and oxygen atoms in total. The maximum atomic E-state index is 12.8. The molecule has 2 aliphatic heterocycles. The van der Waals surface area contributed by atoms with E-state index in [9.17, 15) is 4.79 Å². The number of rotatable bonds is 5. The molecule has 2 aliphatic rings. The van der Waals surface area contributed by atoms with Gasteiger partial charge < -0.3 is 20.7 Å². The van der Waals surface area contributed by atoms with Crippen LogP contribution in [0.15, 0.2) is 30.3 Å². The molecule has 2 fully saturated rings. The molecular weight excluding hydrogens is 382 g/mol. The van der Waals surface area contributed by atoms with Gasteiger partial charge in [0, 0.05) is 24.7 Å². The fourth-order valence-electron chi connectivity index (χ4n) is 4.04. The van der Waals surface area contributed by atoms with Gasteiger partial charge in [0.1, 0.15) is 0 Å². The molecular formula is C21H29N7O2. The lowest BCUT2D eigenvalue weighted by atomic mass is 9.94. The Labute approximate surface area is 176 Å². The van der Waals surface area contributed by atoms with Crippen molar-refractivity contribution < 1.29 is 9.53 Å². The number of hydrogen-bond acceptors (Lipinski definition) is 8. The minimum Gasteiger partial charge on any atom is -0.378 e. The third-order valence-corrected chi connectivity index (χ3v) is 5.82. The lowest BCUT2D eigenvalue weighted by molar-refractivity contribution is -0.141. The van der Waals surface area contributed by atoms with Crippen molar-refractivity contribution in [3.8, 4) is 0 Å². The van der Waals surface area contributed by atoms with Crippen molar-refractivity contribution in [1.82, 2.24) is 24.8 Å². The van der Waals surface area contributed by atoms with E-state index in [0.29, 0.717) is 38.1 Å². The highest BCUT2D eigenvalue weighted by atomic mass is 16.5. The molecule has 0 aliphatic carbocycles. The molecule has 1 aromatic carbocycles. The highest BCUT2D eigenvalue weighted by Gasteiger charge is 2.31. The van der Waals surface area contributed by atoms with Gasteiger partial charge in [0.15, 0.2) is 5.82 Å². The molecule has 3 N–H and O–H groups in total. The van der Waals surface area contributed by atoms with Crippen LogP contribution in [0.3, 0.4) is 0 Å². The molecule has 9 heteroatoms. The van der Waals surface area contributed by atoms with Gasteiger partial charge in [0.2, 0.25) is 17.8 Å². The van der Waals surface area contributed by atoms with E-state index in [4.69, 9.17) is 10.5 Å². The number of nitrogens with two attached hydrogens (primary N) is 1. The third kappa shape index (κ3) is 4.85. The van der Waals surface area contributed by atoms with Crippen molar-refractivity contribution >= 4 is 23.5 Å². The number of hydrogen-bond donors (Lipinski definition) is 2. The molecule has 4 rings (SSSR count). The second-order valence-corrected chi connectivity index (χ2v) is 7.79. The number of nitrogens with zero attached hydrogens (tertiary/aromatic N) is 5. The standard InChI is InChI=1S/C21H29N7O2/c1-15(18-24-20(22)26-21(25-18)23-17-5-3-2-4-6-17)27-9-7-16(8-10-27)19(29)28-11-13-30-14-12-28/h2-6,15-16H,7-14H2,1H3,(H3,22,23,24,25,26). The normalized spacial score (nSPS) is 19.4. The minimum absolute atomic E-state index is 0.00828. The molecule has 2 saturated heterocycles. The number of morpholine rings is 1. The van der Waals surface area contributed by atoms with Gasteiger partial charge >= 0.3 is 0 Å². The van der Waals surface area contributed by atoms with Gasteiger partial charge in [-0.25, -0.2) is 0 Å². The Morgan fingerprint density at radius 2 is 1.80 bits per heavy atom. The monoisotopic (exact) mass is 411 g/mol. The van der Waals surface area contributed by atoms with Gasteiger partial charge in [-0.05, 0) is 45.0 Å². The topological polar surface area (TPSA) is 110 Å². The number of piperidine rings is 1. The summed E-state index contributed by atoms with van der Waals surface area (Å²) in [4.78, 5) is 30.2. The van der Waals surface area contributed by atoms with Gasteiger partial charge in [-0.15, -0.1) is 0 Å². The maximum Gasteiger partial charge on any atom is 0.232 e. The predicted molar refractivity (Wildman–Crippen MR) is 114 cm³/mol. The fraction of sp³-hybridized carbons (Fsp3) is 0.524. The number of carbonyl (C=O) groups excluding carboxylic acids is 1. The second kappa shape index (κ2) is 9.36. The Morgan fingerprint density at radius 1 is 1.10 bits per heavy atom. The van der Waals surface area contributed by atoms with Crippen molar-refractivity contribution in [2.45, 2.75) is 25.8 Å². The number of benzene rings is 1. The quantitative estimate of drug-likeness (QED) is 0.767. The lowest BCUT2D eigenvalue weighted by Crippen LogP contribution is -2.47. The molecule has 1 unspecified atom stereocenters. The van der Waals surface area contributed by atoms with Crippen molar-refractivity contribution in [1.29, 1.82) is 0 Å². The Morgan fingerprint density at radius 3 is 2.50 bits per heavy atom. The summed E-state index contributed by atoms with van der Waals surface area (Å²) in [7, 11) is 0. The average molecular weight is 412 g/mol. The SMILES string of the molecule is CC(c1nc(N)nc(Nc2ccccc2)n1)N1CCC(C(=O)N2CCOCC2)CC1. The summed E-state index contributed by atoms with van der Waals surface area (Å²) in [6.07, 6.45) is 1.69. The smallest absolute Gasteiger partial charge is 0.232 e. The Kier molecular flexibility index (Phi) is 6.39. The summed E-state index contributed by atoms with van der Waals surface area (Å²) in [5.41, 5.74) is 6.84. The average Bonchev–Trinajstić information content (AvgIpc) is 2.79. The summed E-state index contributed by atoms with van der Waals surface area (Å²) in [6.45, 7) is 6.42. The van der Waals surface area contributed by atoms with Gasteiger partial charge in [0.05, 0.1) is 19.3 Å². The van der Waals surface area contributed by atoms with Gasteiger partial charge in [0.25, 0.3) is 0 Å². The Balaban J connectivity index is 1.38. The summed E-state index contributed by atoms with van der Waals surface area (Å²) in [5, 5.41) is 3.18. The molecule has 1 aromatic heterocycles. The van der Waals surface area contributed by atoms with Crippen LogP contribution in [-0.4, -0.2) is 70.1 Å². The van der Waals surface area contributed by atoms with E-state index >= 15 is 0 Å². The van der Waals surface area contributed by atoms with E-state index in [1.807, 2.05) is 35.2 Å². The first-order valence-electron chi connectivity index (χ1n) is 10.5. The molecule has 3 heterocycles. The summed E-state index contributed by atoms with van der Waals surface area (Å²) >= 11 is 0. The number of ether oxygens (including phenoxy) is 1. The number of amides is 1. The van der Waals surface area contributed by atoms with Crippen LogP contribution in [0.1, 0.15) is 31.6 Å². The Bertz CT molecular complexity index is 850. The number of nitrogen functional groups attached to an aromatic ring is 1.